The lowest BCUT2D eigenvalue weighted by Crippen LogP contribution is -2.39. The summed E-state index contributed by atoms with van der Waals surface area (Å²) < 4.78 is 12.9. The Kier molecular flexibility index (Phi) is 2.89. The topological polar surface area (TPSA) is 46.1 Å². The molecular weight excluding hydrogens is 197 g/mol. The second-order valence-corrected chi connectivity index (χ2v) is 3.59. The molecule has 15 heavy (non-hydrogen) atoms. The molecule has 1 aromatic rings. The molecule has 2 heterocycles. The lowest BCUT2D eigenvalue weighted by Gasteiger charge is -2.28. The molecule has 0 aromatic carbocycles. The monoisotopic (exact) mass is 209 g/mol. The maximum Gasteiger partial charge on any atom is 0.256 e. The van der Waals surface area contributed by atoms with Crippen LogP contribution in [0.3, 0.4) is 0 Å². The molecular formula is C10H12FN3O. The molecule has 0 unspecified atom stereocenters. The third-order valence-electron chi connectivity index (χ3n) is 2.52. The van der Waals surface area contributed by atoms with Crippen LogP contribution in [0, 0.1) is 0 Å². The molecule has 0 bridgehead atoms. The smallest absolute Gasteiger partial charge is 0.256 e. The van der Waals surface area contributed by atoms with Gasteiger partial charge in [0, 0.05) is 25.5 Å². The molecule has 80 valence electrons. The number of amides is 1. The average molecular weight is 209 g/mol. The fourth-order valence-electron chi connectivity index (χ4n) is 1.64. The molecule has 0 radical (unpaired) electrons. The number of rotatable bonds is 1. The van der Waals surface area contributed by atoms with E-state index in [1.54, 1.807) is 4.90 Å². The van der Waals surface area contributed by atoms with E-state index in [1.165, 1.54) is 18.7 Å². The summed E-state index contributed by atoms with van der Waals surface area (Å²) >= 11 is 0. The Morgan fingerprint density at radius 2 is 1.93 bits per heavy atom. The molecule has 4 nitrogen and oxygen atoms in total. The number of nitrogens with zero attached hydrogens (tertiary/aromatic N) is 3. The molecule has 1 saturated heterocycles. The van der Waals surface area contributed by atoms with Gasteiger partial charge in [0.25, 0.3) is 5.91 Å². The first-order chi connectivity index (χ1) is 7.27. The number of aromatic nitrogens is 2. The number of piperidine rings is 1. The molecule has 2 rings (SSSR count). The third-order valence-corrected chi connectivity index (χ3v) is 2.52. The summed E-state index contributed by atoms with van der Waals surface area (Å²) in [5, 5.41) is 0. The van der Waals surface area contributed by atoms with Crippen LogP contribution in [0.2, 0.25) is 0 Å². The molecule has 1 aliphatic heterocycles. The Balaban J connectivity index is 2.03. The lowest BCUT2D eigenvalue weighted by molar-refractivity contribution is 0.0666. The normalized spacial score (nSPS) is 17.8. The third kappa shape index (κ3) is 2.29. The zero-order chi connectivity index (χ0) is 10.7. The highest BCUT2D eigenvalue weighted by Gasteiger charge is 2.23. The molecule has 1 aliphatic rings. The van der Waals surface area contributed by atoms with E-state index in [-0.39, 0.29) is 5.91 Å². The highest BCUT2D eigenvalue weighted by atomic mass is 19.1. The quantitative estimate of drug-likeness (QED) is 0.694. The summed E-state index contributed by atoms with van der Waals surface area (Å²) in [5.74, 6) is -0.109. The predicted molar refractivity (Wildman–Crippen MR) is 52.1 cm³/mol. The molecule has 5 heteroatoms. The van der Waals surface area contributed by atoms with Crippen LogP contribution in [-0.2, 0) is 0 Å². The van der Waals surface area contributed by atoms with E-state index in [9.17, 15) is 9.18 Å². The Labute approximate surface area is 87.1 Å². The number of likely N-dealkylation sites (tertiary alicyclic amines) is 1. The molecule has 1 fully saturated rings. The van der Waals surface area contributed by atoms with Gasteiger partial charge in [0.1, 0.15) is 12.5 Å². The number of carbonyl (C=O) groups is 1. The molecule has 1 aromatic heterocycles. The van der Waals surface area contributed by atoms with E-state index >= 15 is 0 Å². The Morgan fingerprint density at radius 1 is 1.33 bits per heavy atom. The van der Waals surface area contributed by atoms with E-state index in [0.717, 1.165) is 0 Å². The first kappa shape index (κ1) is 10.0. The van der Waals surface area contributed by atoms with Crippen molar-refractivity contribution in [3.8, 4) is 0 Å². The molecule has 0 N–H and O–H groups in total. The van der Waals surface area contributed by atoms with E-state index in [0.29, 0.717) is 31.5 Å². The first-order valence-corrected chi connectivity index (χ1v) is 4.96. The highest BCUT2D eigenvalue weighted by molar-refractivity contribution is 5.93. The fourth-order valence-corrected chi connectivity index (χ4v) is 1.64. The van der Waals surface area contributed by atoms with E-state index in [1.807, 2.05) is 0 Å². The van der Waals surface area contributed by atoms with Gasteiger partial charge in [-0.25, -0.2) is 14.4 Å². The van der Waals surface area contributed by atoms with Crippen LogP contribution in [0.5, 0.6) is 0 Å². The van der Waals surface area contributed by atoms with Crippen LogP contribution >= 0.6 is 0 Å². The van der Waals surface area contributed by atoms with Crippen molar-refractivity contribution in [3.05, 3.63) is 24.3 Å². The second kappa shape index (κ2) is 4.33. The molecule has 0 aliphatic carbocycles. The molecule has 0 spiro atoms. The van der Waals surface area contributed by atoms with Gasteiger partial charge in [0.05, 0.1) is 5.56 Å². The minimum atomic E-state index is -0.763. The van der Waals surface area contributed by atoms with Crippen LogP contribution < -0.4 is 0 Å². The van der Waals surface area contributed by atoms with Crippen molar-refractivity contribution in [2.45, 2.75) is 19.0 Å². The number of hydrogen-bond acceptors (Lipinski definition) is 3. The lowest BCUT2D eigenvalue weighted by atomic mass is 10.1. The van der Waals surface area contributed by atoms with Gasteiger partial charge >= 0.3 is 0 Å². The van der Waals surface area contributed by atoms with Crippen molar-refractivity contribution in [2.24, 2.45) is 0 Å². The van der Waals surface area contributed by atoms with Crippen molar-refractivity contribution in [3.63, 3.8) is 0 Å². The summed E-state index contributed by atoms with van der Waals surface area (Å²) in [6.45, 7) is 0.962. The minimum absolute atomic E-state index is 0.109. The zero-order valence-corrected chi connectivity index (χ0v) is 8.27. The Morgan fingerprint density at radius 3 is 2.53 bits per heavy atom. The first-order valence-electron chi connectivity index (χ1n) is 4.96. The summed E-state index contributed by atoms with van der Waals surface area (Å²) in [4.78, 5) is 21.0. The van der Waals surface area contributed by atoms with E-state index in [2.05, 4.69) is 9.97 Å². The van der Waals surface area contributed by atoms with Crippen molar-refractivity contribution in [1.82, 2.24) is 14.9 Å². The van der Waals surface area contributed by atoms with Gasteiger partial charge in [-0.2, -0.15) is 0 Å². The van der Waals surface area contributed by atoms with Gasteiger partial charge in [-0.3, -0.25) is 4.79 Å². The van der Waals surface area contributed by atoms with Crippen molar-refractivity contribution in [1.29, 1.82) is 0 Å². The van der Waals surface area contributed by atoms with Gasteiger partial charge in [0.15, 0.2) is 0 Å². The van der Waals surface area contributed by atoms with Crippen molar-refractivity contribution < 1.29 is 9.18 Å². The number of carbonyl (C=O) groups excluding carboxylic acids is 1. The van der Waals surface area contributed by atoms with Gasteiger partial charge in [-0.05, 0) is 12.8 Å². The number of halogens is 1. The minimum Gasteiger partial charge on any atom is -0.338 e. The van der Waals surface area contributed by atoms with E-state index < -0.39 is 6.17 Å². The van der Waals surface area contributed by atoms with Crippen LogP contribution in [0.4, 0.5) is 4.39 Å². The number of hydrogen-bond donors (Lipinski definition) is 0. The Bertz CT molecular complexity index is 336. The van der Waals surface area contributed by atoms with Crippen LogP contribution in [0.1, 0.15) is 23.2 Å². The summed E-state index contributed by atoms with van der Waals surface area (Å²) in [6, 6.07) is 0. The molecule has 1 amide bonds. The van der Waals surface area contributed by atoms with Gasteiger partial charge < -0.3 is 4.90 Å². The summed E-state index contributed by atoms with van der Waals surface area (Å²) in [6.07, 6.45) is 4.44. The largest absolute Gasteiger partial charge is 0.338 e. The fraction of sp³-hybridized carbons (Fsp3) is 0.500. The van der Waals surface area contributed by atoms with Crippen LogP contribution in [0.25, 0.3) is 0 Å². The van der Waals surface area contributed by atoms with Crippen molar-refractivity contribution in [2.75, 3.05) is 13.1 Å². The average Bonchev–Trinajstić information content (AvgIpc) is 2.30. The predicted octanol–water partition coefficient (Wildman–Crippen LogP) is 1.05. The number of alkyl halides is 1. The summed E-state index contributed by atoms with van der Waals surface area (Å²) in [7, 11) is 0. The van der Waals surface area contributed by atoms with Crippen molar-refractivity contribution >= 4 is 5.91 Å². The van der Waals surface area contributed by atoms with Crippen LogP contribution in [0.15, 0.2) is 18.7 Å². The van der Waals surface area contributed by atoms with Gasteiger partial charge in [0.2, 0.25) is 0 Å². The SMILES string of the molecule is O=C(c1cncnc1)N1CCC(F)CC1. The Hall–Kier alpha value is -1.52. The maximum absolute atomic E-state index is 12.9. The summed E-state index contributed by atoms with van der Waals surface area (Å²) in [5.41, 5.74) is 0.467. The zero-order valence-electron chi connectivity index (χ0n) is 8.27. The standard InChI is InChI=1S/C10H12FN3O/c11-9-1-3-14(4-2-9)10(15)8-5-12-7-13-6-8/h5-7,9H,1-4H2. The molecule has 0 saturated carbocycles. The second-order valence-electron chi connectivity index (χ2n) is 3.59. The van der Waals surface area contributed by atoms with Gasteiger partial charge in [-0.1, -0.05) is 0 Å². The molecule has 0 atom stereocenters. The van der Waals surface area contributed by atoms with Gasteiger partial charge in [-0.15, -0.1) is 0 Å². The van der Waals surface area contributed by atoms with Crippen LogP contribution in [-0.4, -0.2) is 40.0 Å². The van der Waals surface area contributed by atoms with E-state index in [4.69, 9.17) is 0 Å². The highest BCUT2D eigenvalue weighted by Crippen LogP contribution is 2.15. The maximum atomic E-state index is 12.9.